The van der Waals surface area contributed by atoms with Gasteiger partial charge in [0.2, 0.25) is 5.91 Å². The second-order valence-electron chi connectivity index (χ2n) is 5.53. The van der Waals surface area contributed by atoms with E-state index < -0.39 is 0 Å². The van der Waals surface area contributed by atoms with Crippen molar-refractivity contribution in [3.05, 3.63) is 29.3 Å². The molecule has 1 saturated heterocycles. The van der Waals surface area contributed by atoms with Crippen LogP contribution in [0.3, 0.4) is 0 Å². The third-order valence-electron chi connectivity index (χ3n) is 4.01. The number of para-hydroxylation sites is 1. The van der Waals surface area contributed by atoms with Crippen LogP contribution >= 0.6 is 23.1 Å². The van der Waals surface area contributed by atoms with Crippen LogP contribution in [0.15, 0.2) is 24.3 Å². The van der Waals surface area contributed by atoms with E-state index in [1.54, 1.807) is 23.1 Å². The molecule has 22 heavy (non-hydrogen) atoms. The molecule has 6 heteroatoms. The van der Waals surface area contributed by atoms with Gasteiger partial charge >= 0.3 is 0 Å². The second kappa shape index (κ2) is 7.44. The van der Waals surface area contributed by atoms with Crippen molar-refractivity contribution in [3.8, 4) is 0 Å². The van der Waals surface area contributed by atoms with Gasteiger partial charge in [0.15, 0.2) is 0 Å². The molecule has 2 atom stereocenters. The van der Waals surface area contributed by atoms with E-state index >= 15 is 0 Å². The Bertz CT molecular complexity index is 604. The van der Waals surface area contributed by atoms with E-state index in [0.717, 1.165) is 17.1 Å². The number of thioether (sulfide) groups is 1. The molecule has 3 rings (SSSR count). The Morgan fingerprint density at radius 2 is 2.41 bits per heavy atom. The Morgan fingerprint density at radius 3 is 3.14 bits per heavy atom. The molecule has 0 saturated carbocycles. The quantitative estimate of drug-likeness (QED) is 0.852. The smallest absolute Gasteiger partial charge is 0.221 e. The predicted octanol–water partition coefficient (Wildman–Crippen LogP) is 2.79. The van der Waals surface area contributed by atoms with Gasteiger partial charge in [0.25, 0.3) is 0 Å². The van der Waals surface area contributed by atoms with Gasteiger partial charge in [0.05, 0.1) is 16.8 Å². The number of nitrogens with one attached hydrogen (secondary N) is 2. The van der Waals surface area contributed by atoms with Gasteiger partial charge in [-0.1, -0.05) is 12.1 Å². The number of benzene rings is 1. The summed E-state index contributed by atoms with van der Waals surface area (Å²) in [5, 5.41) is 7.84. The van der Waals surface area contributed by atoms with Gasteiger partial charge in [-0.15, -0.1) is 11.3 Å². The summed E-state index contributed by atoms with van der Waals surface area (Å²) >= 11 is 3.43. The normalized spacial score (nSPS) is 19.4. The standard InChI is InChI=1S/C16H21N3OS2/c1-21-14(11-6-4-8-17-11)9-15(20)18-10-16-19-12-5-2-3-7-13(12)22-16/h2-3,5,7,11,14,17H,4,6,8-10H2,1H3,(H,18,20). The van der Waals surface area contributed by atoms with Crippen molar-refractivity contribution in [1.29, 1.82) is 0 Å². The number of fused-ring (bicyclic) bond motifs is 1. The molecule has 1 fully saturated rings. The second-order valence-corrected chi connectivity index (χ2v) is 7.73. The maximum Gasteiger partial charge on any atom is 0.221 e. The number of aromatic nitrogens is 1. The summed E-state index contributed by atoms with van der Waals surface area (Å²) in [4.78, 5) is 16.7. The lowest BCUT2D eigenvalue weighted by molar-refractivity contribution is -0.121. The van der Waals surface area contributed by atoms with Crippen molar-refractivity contribution in [3.63, 3.8) is 0 Å². The first kappa shape index (κ1) is 15.8. The molecule has 118 valence electrons. The molecule has 2 N–H and O–H groups in total. The molecule has 2 aromatic rings. The van der Waals surface area contributed by atoms with Crippen LogP contribution in [0.25, 0.3) is 10.2 Å². The molecule has 0 bridgehead atoms. The Kier molecular flexibility index (Phi) is 5.33. The maximum absolute atomic E-state index is 12.2. The van der Waals surface area contributed by atoms with E-state index in [9.17, 15) is 4.79 Å². The first-order valence-electron chi connectivity index (χ1n) is 7.63. The molecular weight excluding hydrogens is 314 g/mol. The molecule has 1 aromatic carbocycles. The van der Waals surface area contributed by atoms with Gasteiger partial charge in [0, 0.05) is 17.7 Å². The summed E-state index contributed by atoms with van der Waals surface area (Å²) in [5.41, 5.74) is 1.01. The van der Waals surface area contributed by atoms with Crippen molar-refractivity contribution in [2.75, 3.05) is 12.8 Å². The number of hydrogen-bond acceptors (Lipinski definition) is 5. The van der Waals surface area contributed by atoms with Crippen molar-refractivity contribution in [1.82, 2.24) is 15.6 Å². The minimum absolute atomic E-state index is 0.118. The summed E-state index contributed by atoms with van der Waals surface area (Å²) in [7, 11) is 0. The van der Waals surface area contributed by atoms with Crippen LogP contribution in [-0.4, -0.2) is 35.0 Å². The van der Waals surface area contributed by atoms with E-state index in [1.807, 2.05) is 18.2 Å². The Hall–Kier alpha value is -1.11. The summed E-state index contributed by atoms with van der Waals surface area (Å²) in [5.74, 6) is 0.118. The van der Waals surface area contributed by atoms with Crippen LogP contribution in [0, 0.1) is 0 Å². The largest absolute Gasteiger partial charge is 0.350 e. The molecule has 0 spiro atoms. The highest BCUT2D eigenvalue weighted by Crippen LogP contribution is 2.23. The minimum Gasteiger partial charge on any atom is -0.350 e. The first-order chi connectivity index (χ1) is 10.8. The Morgan fingerprint density at radius 1 is 1.55 bits per heavy atom. The van der Waals surface area contributed by atoms with Crippen LogP contribution in [0.5, 0.6) is 0 Å². The topological polar surface area (TPSA) is 54.0 Å². The summed E-state index contributed by atoms with van der Waals surface area (Å²) < 4.78 is 1.17. The number of rotatable bonds is 6. The summed E-state index contributed by atoms with van der Waals surface area (Å²) in [6, 6.07) is 8.55. The van der Waals surface area contributed by atoms with Gasteiger partial charge in [-0.2, -0.15) is 11.8 Å². The average molecular weight is 335 g/mol. The van der Waals surface area contributed by atoms with Crippen molar-refractivity contribution in [2.45, 2.75) is 37.1 Å². The zero-order valence-electron chi connectivity index (χ0n) is 12.7. The van der Waals surface area contributed by atoms with E-state index in [4.69, 9.17) is 0 Å². The molecule has 2 heterocycles. The fourth-order valence-electron chi connectivity index (χ4n) is 2.84. The Balaban J connectivity index is 1.52. The SMILES string of the molecule is CSC(CC(=O)NCc1nc2ccccc2s1)C1CCCN1. The highest BCUT2D eigenvalue weighted by atomic mass is 32.2. The summed E-state index contributed by atoms with van der Waals surface area (Å²) in [6.07, 6.45) is 5.06. The highest BCUT2D eigenvalue weighted by Gasteiger charge is 2.25. The monoisotopic (exact) mass is 335 g/mol. The maximum atomic E-state index is 12.2. The number of hydrogen-bond donors (Lipinski definition) is 2. The fraction of sp³-hybridized carbons (Fsp3) is 0.500. The molecule has 0 aliphatic carbocycles. The number of thiazole rings is 1. The van der Waals surface area contributed by atoms with Crippen LogP contribution in [0.4, 0.5) is 0 Å². The van der Waals surface area contributed by atoms with Crippen LogP contribution in [-0.2, 0) is 11.3 Å². The zero-order chi connectivity index (χ0) is 15.4. The van der Waals surface area contributed by atoms with E-state index in [1.165, 1.54) is 17.5 Å². The first-order valence-corrected chi connectivity index (χ1v) is 9.74. The van der Waals surface area contributed by atoms with E-state index in [0.29, 0.717) is 24.3 Å². The lowest BCUT2D eigenvalue weighted by Crippen LogP contribution is -2.36. The fourth-order valence-corrected chi connectivity index (χ4v) is 4.63. The van der Waals surface area contributed by atoms with Crippen molar-refractivity contribution in [2.24, 2.45) is 0 Å². The van der Waals surface area contributed by atoms with Crippen LogP contribution in [0.1, 0.15) is 24.3 Å². The van der Waals surface area contributed by atoms with Crippen molar-refractivity contribution >= 4 is 39.2 Å². The van der Waals surface area contributed by atoms with E-state index in [-0.39, 0.29) is 5.91 Å². The van der Waals surface area contributed by atoms with Gasteiger partial charge in [-0.25, -0.2) is 4.98 Å². The van der Waals surface area contributed by atoms with Crippen LogP contribution in [0.2, 0.25) is 0 Å². The molecule has 0 radical (unpaired) electrons. The molecule has 2 unspecified atom stereocenters. The zero-order valence-corrected chi connectivity index (χ0v) is 14.3. The molecule has 1 aliphatic heterocycles. The molecule has 1 amide bonds. The minimum atomic E-state index is 0.118. The number of carbonyl (C=O) groups excluding carboxylic acids is 1. The molecule has 1 aromatic heterocycles. The Labute approximate surface area is 139 Å². The van der Waals surface area contributed by atoms with Crippen LogP contribution < -0.4 is 10.6 Å². The average Bonchev–Trinajstić information content (AvgIpc) is 3.19. The number of nitrogens with zero attached hydrogens (tertiary/aromatic N) is 1. The van der Waals surface area contributed by atoms with E-state index in [2.05, 4.69) is 27.9 Å². The number of amides is 1. The van der Waals surface area contributed by atoms with Gasteiger partial charge in [0.1, 0.15) is 5.01 Å². The van der Waals surface area contributed by atoms with Gasteiger partial charge in [-0.05, 0) is 37.8 Å². The molecule has 4 nitrogen and oxygen atoms in total. The third kappa shape index (κ3) is 3.80. The predicted molar refractivity (Wildman–Crippen MR) is 94.4 cm³/mol. The highest BCUT2D eigenvalue weighted by molar-refractivity contribution is 7.99. The number of carbonyl (C=O) groups is 1. The third-order valence-corrected chi connectivity index (χ3v) is 6.15. The summed E-state index contributed by atoms with van der Waals surface area (Å²) in [6.45, 7) is 1.60. The lowest BCUT2D eigenvalue weighted by atomic mass is 10.1. The van der Waals surface area contributed by atoms with Crippen molar-refractivity contribution < 1.29 is 4.79 Å². The van der Waals surface area contributed by atoms with Gasteiger partial charge in [-0.3, -0.25) is 4.79 Å². The van der Waals surface area contributed by atoms with Gasteiger partial charge < -0.3 is 10.6 Å². The lowest BCUT2D eigenvalue weighted by Gasteiger charge is -2.21. The molecule has 1 aliphatic rings. The molecular formula is C16H21N3OS2.